The second kappa shape index (κ2) is 4.77. The predicted octanol–water partition coefficient (Wildman–Crippen LogP) is 1.34. The second-order valence-electron chi connectivity index (χ2n) is 3.17. The van der Waals surface area contributed by atoms with E-state index < -0.39 is 33.9 Å². The van der Waals surface area contributed by atoms with Crippen LogP contribution in [0.4, 0.5) is 13.2 Å². The van der Waals surface area contributed by atoms with Crippen LogP contribution in [0.15, 0.2) is 18.3 Å². The molecule has 0 fully saturated rings. The van der Waals surface area contributed by atoms with Gasteiger partial charge < -0.3 is 0 Å². The first-order chi connectivity index (χ1) is 7.29. The van der Waals surface area contributed by atoms with E-state index >= 15 is 0 Å². The van der Waals surface area contributed by atoms with E-state index in [0.717, 1.165) is 0 Å². The molecular formula is C8H9F3N2O2S. The van der Waals surface area contributed by atoms with Gasteiger partial charge in [0.25, 0.3) is 0 Å². The van der Waals surface area contributed by atoms with E-state index in [2.05, 4.69) is 10.2 Å². The number of hydrogen-bond acceptors (Lipinski definition) is 4. The summed E-state index contributed by atoms with van der Waals surface area (Å²) in [5, 5.41) is 6.94. The van der Waals surface area contributed by atoms with Crippen LogP contribution >= 0.6 is 0 Å². The molecule has 0 saturated heterocycles. The van der Waals surface area contributed by atoms with Gasteiger partial charge in [-0.15, -0.1) is 0 Å². The van der Waals surface area contributed by atoms with Crippen molar-refractivity contribution in [3.8, 4) is 0 Å². The van der Waals surface area contributed by atoms with Crippen LogP contribution in [0.25, 0.3) is 0 Å². The fourth-order valence-electron chi connectivity index (χ4n) is 0.979. The summed E-state index contributed by atoms with van der Waals surface area (Å²) in [5.41, 5.74) is 0.143. The Balaban J connectivity index is 2.60. The summed E-state index contributed by atoms with van der Waals surface area (Å²) in [4.78, 5) is 0. The van der Waals surface area contributed by atoms with Crippen molar-refractivity contribution in [2.75, 3.05) is 5.75 Å². The van der Waals surface area contributed by atoms with Gasteiger partial charge in [0.2, 0.25) is 0 Å². The molecule has 0 radical (unpaired) electrons. The molecule has 0 saturated carbocycles. The van der Waals surface area contributed by atoms with E-state index in [-0.39, 0.29) is 5.69 Å². The maximum atomic E-state index is 11.8. The van der Waals surface area contributed by atoms with Gasteiger partial charge in [-0.05, 0) is 12.1 Å². The van der Waals surface area contributed by atoms with Gasteiger partial charge in [0.1, 0.15) is 0 Å². The Morgan fingerprint density at radius 2 is 2.00 bits per heavy atom. The lowest BCUT2D eigenvalue weighted by molar-refractivity contribution is -0.129. The Labute approximate surface area is 90.4 Å². The summed E-state index contributed by atoms with van der Waals surface area (Å²) in [7, 11) is -3.79. The Hall–Kier alpha value is -1.18. The molecule has 4 nitrogen and oxygen atoms in total. The van der Waals surface area contributed by atoms with Crippen LogP contribution in [-0.2, 0) is 15.6 Å². The summed E-state index contributed by atoms with van der Waals surface area (Å²) in [6.45, 7) is 0. The van der Waals surface area contributed by atoms with E-state index in [1.54, 1.807) is 0 Å². The largest absolute Gasteiger partial charge is 0.390 e. The Morgan fingerprint density at radius 3 is 2.50 bits per heavy atom. The molecule has 90 valence electrons. The maximum Gasteiger partial charge on any atom is 0.390 e. The number of sulfone groups is 1. The standard InChI is InChI=1S/C8H9F3N2O2S/c9-8(10,11)3-5-16(14,15)6-7-2-1-4-12-13-7/h1-2,4H,3,5-6H2. The Morgan fingerprint density at radius 1 is 1.31 bits per heavy atom. The molecule has 1 aromatic rings. The van der Waals surface area contributed by atoms with Gasteiger partial charge >= 0.3 is 6.18 Å². The molecule has 8 heteroatoms. The van der Waals surface area contributed by atoms with Gasteiger partial charge in [-0.3, -0.25) is 0 Å². The zero-order valence-corrected chi connectivity index (χ0v) is 8.92. The van der Waals surface area contributed by atoms with Crippen LogP contribution in [0.5, 0.6) is 0 Å². The molecule has 16 heavy (non-hydrogen) atoms. The molecule has 0 bridgehead atoms. The van der Waals surface area contributed by atoms with Crippen LogP contribution in [0, 0.1) is 0 Å². The lowest BCUT2D eigenvalue weighted by Crippen LogP contribution is -2.18. The first-order valence-corrected chi connectivity index (χ1v) is 6.14. The van der Waals surface area contributed by atoms with Gasteiger partial charge in [-0.1, -0.05) is 0 Å². The van der Waals surface area contributed by atoms with Crippen molar-refractivity contribution in [2.24, 2.45) is 0 Å². The average Bonchev–Trinajstić information content (AvgIpc) is 2.15. The zero-order valence-electron chi connectivity index (χ0n) is 8.11. The Kier molecular flexibility index (Phi) is 3.84. The van der Waals surface area contributed by atoms with E-state index in [9.17, 15) is 21.6 Å². The van der Waals surface area contributed by atoms with Crippen molar-refractivity contribution in [1.82, 2.24) is 10.2 Å². The number of aromatic nitrogens is 2. The first kappa shape index (κ1) is 12.9. The van der Waals surface area contributed by atoms with Gasteiger partial charge in [0.15, 0.2) is 9.84 Å². The lowest BCUT2D eigenvalue weighted by Gasteiger charge is -2.06. The van der Waals surface area contributed by atoms with Crippen LogP contribution in [0.1, 0.15) is 12.1 Å². The molecule has 0 amide bonds. The van der Waals surface area contributed by atoms with Crippen molar-refractivity contribution < 1.29 is 21.6 Å². The smallest absolute Gasteiger partial charge is 0.228 e. The minimum absolute atomic E-state index is 0.143. The van der Waals surface area contributed by atoms with Crippen LogP contribution in [-0.4, -0.2) is 30.5 Å². The SMILES string of the molecule is O=S(=O)(CCC(F)(F)F)Cc1cccnn1. The number of rotatable bonds is 4. The summed E-state index contributed by atoms with van der Waals surface area (Å²) >= 11 is 0. The Bertz CT molecular complexity index is 430. The second-order valence-corrected chi connectivity index (χ2v) is 5.36. The van der Waals surface area contributed by atoms with Crippen molar-refractivity contribution in [1.29, 1.82) is 0 Å². The predicted molar refractivity (Wildman–Crippen MR) is 50.2 cm³/mol. The van der Waals surface area contributed by atoms with Crippen molar-refractivity contribution in [2.45, 2.75) is 18.3 Å². The lowest BCUT2D eigenvalue weighted by atomic mass is 10.4. The highest BCUT2D eigenvalue weighted by Crippen LogP contribution is 2.20. The first-order valence-electron chi connectivity index (χ1n) is 4.32. The summed E-state index contributed by atoms with van der Waals surface area (Å²) in [6, 6.07) is 2.87. The highest BCUT2D eigenvalue weighted by atomic mass is 32.2. The summed E-state index contributed by atoms with van der Waals surface area (Å²) in [6.07, 6.45) is -4.45. The van der Waals surface area contributed by atoms with E-state index in [4.69, 9.17) is 0 Å². The fraction of sp³-hybridized carbons (Fsp3) is 0.500. The molecule has 0 aliphatic heterocycles. The highest BCUT2D eigenvalue weighted by Gasteiger charge is 2.30. The average molecular weight is 254 g/mol. The molecule has 0 unspecified atom stereocenters. The summed E-state index contributed by atoms with van der Waals surface area (Å²) < 4.78 is 58.1. The molecule has 0 aromatic carbocycles. The van der Waals surface area contributed by atoms with E-state index in [1.807, 2.05) is 0 Å². The molecule has 0 aliphatic carbocycles. The number of alkyl halides is 3. The molecular weight excluding hydrogens is 245 g/mol. The van der Waals surface area contributed by atoms with Gasteiger partial charge in [-0.25, -0.2) is 8.42 Å². The van der Waals surface area contributed by atoms with Gasteiger partial charge in [0.05, 0.1) is 23.6 Å². The molecule has 1 aromatic heterocycles. The van der Waals surface area contributed by atoms with Crippen molar-refractivity contribution >= 4 is 9.84 Å². The molecule has 1 heterocycles. The molecule has 0 atom stereocenters. The molecule has 0 N–H and O–H groups in total. The minimum Gasteiger partial charge on any atom is -0.228 e. The summed E-state index contributed by atoms with van der Waals surface area (Å²) in [5.74, 6) is -1.44. The fourth-order valence-corrected chi connectivity index (χ4v) is 2.27. The van der Waals surface area contributed by atoms with Crippen LogP contribution in [0.2, 0.25) is 0 Å². The third kappa shape index (κ3) is 5.06. The maximum absolute atomic E-state index is 11.8. The van der Waals surface area contributed by atoms with E-state index in [0.29, 0.717) is 0 Å². The topological polar surface area (TPSA) is 59.9 Å². The third-order valence-electron chi connectivity index (χ3n) is 1.69. The van der Waals surface area contributed by atoms with E-state index in [1.165, 1.54) is 18.3 Å². The van der Waals surface area contributed by atoms with Crippen molar-refractivity contribution in [3.63, 3.8) is 0 Å². The molecule has 0 aliphatic rings. The van der Waals surface area contributed by atoms with Gasteiger partial charge in [-0.2, -0.15) is 23.4 Å². The quantitative estimate of drug-likeness (QED) is 0.813. The van der Waals surface area contributed by atoms with Crippen LogP contribution < -0.4 is 0 Å². The van der Waals surface area contributed by atoms with Gasteiger partial charge in [0, 0.05) is 6.20 Å². The highest BCUT2D eigenvalue weighted by molar-refractivity contribution is 7.90. The number of hydrogen-bond donors (Lipinski definition) is 0. The molecule has 0 spiro atoms. The van der Waals surface area contributed by atoms with Crippen molar-refractivity contribution in [3.05, 3.63) is 24.0 Å². The van der Waals surface area contributed by atoms with Crippen LogP contribution in [0.3, 0.4) is 0 Å². The monoisotopic (exact) mass is 254 g/mol. The number of nitrogens with zero attached hydrogens (tertiary/aromatic N) is 2. The minimum atomic E-state index is -4.46. The zero-order chi connectivity index (χ0) is 12.2. The normalized spacial score (nSPS) is 12.7. The molecule has 1 rings (SSSR count). The third-order valence-corrected chi connectivity index (χ3v) is 3.25. The number of halogens is 3.